The largest absolute Gasteiger partial charge is 0.479 e. The Morgan fingerprint density at radius 3 is 2.56 bits per heavy atom. The summed E-state index contributed by atoms with van der Waals surface area (Å²) in [5.41, 5.74) is 4.32. The SMILES string of the molecule is NC(=O)c1cc(C(=O)NC2(C(=O)O)CCOC2)nn1-c1ccccc1. The number of primary amides is 1. The minimum absolute atomic E-state index is 0.0170. The van der Waals surface area contributed by atoms with E-state index in [2.05, 4.69) is 10.4 Å². The summed E-state index contributed by atoms with van der Waals surface area (Å²) in [5, 5.41) is 15.9. The van der Waals surface area contributed by atoms with Gasteiger partial charge in [0.1, 0.15) is 5.69 Å². The molecule has 1 atom stereocenters. The zero-order valence-electron chi connectivity index (χ0n) is 13.1. The van der Waals surface area contributed by atoms with Gasteiger partial charge in [-0.05, 0) is 12.1 Å². The van der Waals surface area contributed by atoms with Gasteiger partial charge in [-0.1, -0.05) is 18.2 Å². The summed E-state index contributed by atoms with van der Waals surface area (Å²) in [4.78, 5) is 35.6. The molecule has 1 aromatic heterocycles. The highest BCUT2D eigenvalue weighted by atomic mass is 16.5. The highest BCUT2D eigenvalue weighted by Crippen LogP contribution is 2.20. The van der Waals surface area contributed by atoms with Gasteiger partial charge in [-0.15, -0.1) is 0 Å². The number of carboxylic acid groups (broad SMARTS) is 1. The van der Waals surface area contributed by atoms with E-state index in [-0.39, 0.29) is 31.0 Å². The Labute approximate surface area is 142 Å². The number of aliphatic carboxylic acids is 1. The van der Waals surface area contributed by atoms with Crippen molar-refractivity contribution in [2.75, 3.05) is 13.2 Å². The molecule has 0 bridgehead atoms. The van der Waals surface area contributed by atoms with E-state index in [9.17, 15) is 19.5 Å². The first-order valence-corrected chi connectivity index (χ1v) is 7.52. The molecule has 0 spiro atoms. The van der Waals surface area contributed by atoms with Crippen LogP contribution in [0.25, 0.3) is 5.69 Å². The minimum atomic E-state index is -1.50. The maximum atomic E-state index is 12.5. The molecule has 3 rings (SSSR count). The van der Waals surface area contributed by atoms with Gasteiger partial charge in [0, 0.05) is 19.1 Å². The van der Waals surface area contributed by atoms with Gasteiger partial charge in [-0.3, -0.25) is 9.59 Å². The number of rotatable bonds is 5. The number of carbonyl (C=O) groups excluding carboxylic acids is 2. The fourth-order valence-corrected chi connectivity index (χ4v) is 2.60. The number of amides is 2. The Balaban J connectivity index is 1.94. The molecule has 1 saturated heterocycles. The van der Waals surface area contributed by atoms with Gasteiger partial charge < -0.3 is 20.9 Å². The van der Waals surface area contributed by atoms with E-state index in [0.29, 0.717) is 5.69 Å². The van der Waals surface area contributed by atoms with Crippen molar-refractivity contribution in [3.8, 4) is 5.69 Å². The molecule has 0 radical (unpaired) electrons. The van der Waals surface area contributed by atoms with Gasteiger partial charge in [0.15, 0.2) is 11.2 Å². The van der Waals surface area contributed by atoms with Crippen molar-refractivity contribution in [2.24, 2.45) is 5.73 Å². The number of nitrogens with one attached hydrogen (secondary N) is 1. The molecule has 2 amide bonds. The predicted octanol–water partition coefficient (Wildman–Crippen LogP) is -0.0553. The Kier molecular flexibility index (Phi) is 4.24. The van der Waals surface area contributed by atoms with E-state index >= 15 is 0 Å². The van der Waals surface area contributed by atoms with E-state index in [4.69, 9.17) is 10.5 Å². The second-order valence-corrected chi connectivity index (χ2v) is 5.67. The number of benzene rings is 1. The first-order chi connectivity index (χ1) is 11.9. The summed E-state index contributed by atoms with van der Waals surface area (Å²) < 4.78 is 6.35. The van der Waals surface area contributed by atoms with E-state index in [1.54, 1.807) is 30.3 Å². The molecule has 0 saturated carbocycles. The minimum Gasteiger partial charge on any atom is -0.479 e. The molecule has 0 aliphatic carbocycles. The van der Waals surface area contributed by atoms with Crippen molar-refractivity contribution in [1.82, 2.24) is 15.1 Å². The number of hydrogen-bond donors (Lipinski definition) is 3. The Morgan fingerprint density at radius 2 is 2.00 bits per heavy atom. The summed E-state index contributed by atoms with van der Waals surface area (Å²) >= 11 is 0. The number of aromatic nitrogens is 2. The van der Waals surface area contributed by atoms with E-state index in [0.717, 1.165) is 0 Å². The quantitative estimate of drug-likeness (QED) is 0.695. The average Bonchev–Trinajstić information content (AvgIpc) is 3.23. The van der Waals surface area contributed by atoms with Crippen molar-refractivity contribution in [1.29, 1.82) is 0 Å². The lowest BCUT2D eigenvalue weighted by atomic mass is 9.99. The molecule has 25 heavy (non-hydrogen) atoms. The van der Waals surface area contributed by atoms with Crippen LogP contribution in [-0.4, -0.2) is 51.4 Å². The van der Waals surface area contributed by atoms with Crippen LogP contribution >= 0.6 is 0 Å². The van der Waals surface area contributed by atoms with Crippen LogP contribution in [0.1, 0.15) is 27.4 Å². The predicted molar refractivity (Wildman–Crippen MR) is 85.4 cm³/mol. The molecule has 1 aliphatic rings. The highest BCUT2D eigenvalue weighted by molar-refractivity contribution is 5.99. The number of nitrogens with zero attached hydrogens (tertiary/aromatic N) is 2. The summed E-state index contributed by atoms with van der Waals surface area (Å²) in [5.74, 6) is -2.66. The molecule has 2 aromatic rings. The van der Waals surface area contributed by atoms with E-state index in [1.165, 1.54) is 10.7 Å². The second kappa shape index (κ2) is 6.36. The molecule has 1 fully saturated rings. The van der Waals surface area contributed by atoms with E-state index in [1.807, 2.05) is 0 Å². The third-order valence-electron chi connectivity index (χ3n) is 3.98. The third-order valence-corrected chi connectivity index (χ3v) is 3.98. The van der Waals surface area contributed by atoms with Crippen LogP contribution in [0.15, 0.2) is 36.4 Å². The molecule has 9 heteroatoms. The molecule has 1 aromatic carbocycles. The van der Waals surface area contributed by atoms with Crippen molar-refractivity contribution in [3.05, 3.63) is 47.8 Å². The first-order valence-electron chi connectivity index (χ1n) is 7.52. The lowest BCUT2D eigenvalue weighted by molar-refractivity contribution is -0.144. The third kappa shape index (κ3) is 3.09. The van der Waals surface area contributed by atoms with Gasteiger partial charge in [-0.2, -0.15) is 5.10 Å². The molecule has 1 aliphatic heterocycles. The van der Waals surface area contributed by atoms with Gasteiger partial charge in [-0.25, -0.2) is 9.48 Å². The summed E-state index contributed by atoms with van der Waals surface area (Å²) in [6.07, 6.45) is 0.149. The maximum absolute atomic E-state index is 12.5. The Morgan fingerprint density at radius 1 is 1.28 bits per heavy atom. The summed E-state index contributed by atoms with van der Waals surface area (Å²) in [7, 11) is 0. The average molecular weight is 344 g/mol. The number of para-hydroxylation sites is 1. The van der Waals surface area contributed by atoms with Crippen molar-refractivity contribution in [3.63, 3.8) is 0 Å². The first kappa shape index (κ1) is 16.7. The molecule has 1 unspecified atom stereocenters. The smallest absolute Gasteiger partial charge is 0.331 e. The lowest BCUT2D eigenvalue weighted by Crippen LogP contribution is -2.55. The number of hydrogen-bond acceptors (Lipinski definition) is 5. The van der Waals surface area contributed by atoms with Gasteiger partial charge in [0.2, 0.25) is 0 Å². The van der Waals surface area contributed by atoms with Gasteiger partial charge in [0.25, 0.3) is 11.8 Å². The molecule has 130 valence electrons. The number of carboxylic acids is 1. The van der Waals surface area contributed by atoms with E-state index < -0.39 is 23.3 Å². The van der Waals surface area contributed by atoms with Crippen LogP contribution in [0.4, 0.5) is 0 Å². The number of carbonyl (C=O) groups is 3. The number of nitrogens with two attached hydrogens (primary N) is 1. The van der Waals surface area contributed by atoms with Crippen LogP contribution in [0.2, 0.25) is 0 Å². The number of ether oxygens (including phenoxy) is 1. The summed E-state index contributed by atoms with van der Waals surface area (Å²) in [6, 6.07) is 9.92. The van der Waals surface area contributed by atoms with Crippen LogP contribution in [0.5, 0.6) is 0 Å². The van der Waals surface area contributed by atoms with Gasteiger partial charge in [0.05, 0.1) is 12.3 Å². The molecule has 2 heterocycles. The van der Waals surface area contributed by atoms with Crippen LogP contribution < -0.4 is 11.1 Å². The topological polar surface area (TPSA) is 137 Å². The zero-order valence-corrected chi connectivity index (χ0v) is 13.1. The van der Waals surface area contributed by atoms with Crippen LogP contribution in [0.3, 0.4) is 0 Å². The second-order valence-electron chi connectivity index (χ2n) is 5.67. The fraction of sp³-hybridized carbons (Fsp3) is 0.250. The Bertz CT molecular complexity index is 824. The van der Waals surface area contributed by atoms with Crippen LogP contribution in [-0.2, 0) is 9.53 Å². The maximum Gasteiger partial charge on any atom is 0.331 e. The van der Waals surface area contributed by atoms with Crippen molar-refractivity contribution < 1.29 is 24.2 Å². The molecular formula is C16H16N4O5. The zero-order chi connectivity index (χ0) is 18.0. The molecular weight excluding hydrogens is 328 g/mol. The monoisotopic (exact) mass is 344 g/mol. The van der Waals surface area contributed by atoms with Gasteiger partial charge >= 0.3 is 5.97 Å². The normalized spacial score (nSPS) is 19.5. The Hall–Kier alpha value is -3.20. The summed E-state index contributed by atoms with van der Waals surface area (Å²) in [6.45, 7) is 0.105. The lowest BCUT2D eigenvalue weighted by Gasteiger charge is -2.22. The standard InChI is InChI=1S/C16H16N4O5/c17-13(21)12-8-11(19-20(12)10-4-2-1-3-5-10)14(22)18-16(15(23)24)6-7-25-9-16/h1-5,8H,6-7,9H2,(H2,17,21)(H,18,22)(H,23,24). The van der Waals surface area contributed by atoms with Crippen LogP contribution in [0, 0.1) is 0 Å². The van der Waals surface area contributed by atoms with Crippen molar-refractivity contribution in [2.45, 2.75) is 12.0 Å². The highest BCUT2D eigenvalue weighted by Gasteiger charge is 2.44. The van der Waals surface area contributed by atoms with Crippen molar-refractivity contribution >= 4 is 17.8 Å². The fourth-order valence-electron chi connectivity index (χ4n) is 2.60. The molecule has 4 N–H and O–H groups in total. The molecule has 9 nitrogen and oxygen atoms in total.